The number of benzene rings is 2. The summed E-state index contributed by atoms with van der Waals surface area (Å²) in [6, 6.07) is 11.8. The van der Waals surface area contributed by atoms with Crippen molar-refractivity contribution in [3.05, 3.63) is 70.1 Å². The third kappa shape index (κ3) is 1.94. The highest BCUT2D eigenvalue weighted by Crippen LogP contribution is 2.48. The summed E-state index contributed by atoms with van der Waals surface area (Å²) in [6.45, 7) is 0. The van der Waals surface area contributed by atoms with Gasteiger partial charge < -0.3 is 5.32 Å². The Bertz CT molecular complexity index is 1160. The molecule has 2 aromatic carbocycles. The van der Waals surface area contributed by atoms with Crippen molar-refractivity contribution >= 4 is 46.0 Å². The molecule has 6 nitrogen and oxygen atoms in total. The van der Waals surface area contributed by atoms with E-state index in [1.165, 1.54) is 11.3 Å². The van der Waals surface area contributed by atoms with Gasteiger partial charge in [-0.25, -0.2) is 4.90 Å². The second-order valence-corrected chi connectivity index (χ2v) is 7.00. The lowest BCUT2D eigenvalue weighted by Crippen LogP contribution is -2.29. The molecule has 0 unspecified atom stereocenters. The first kappa shape index (κ1) is 15.7. The number of amides is 3. The molecule has 0 fully saturated rings. The van der Waals surface area contributed by atoms with Crippen molar-refractivity contribution in [2.45, 2.75) is 0 Å². The average molecular weight is 374 g/mol. The van der Waals surface area contributed by atoms with E-state index in [-0.39, 0.29) is 5.78 Å². The van der Waals surface area contributed by atoms with Crippen LogP contribution in [-0.4, -0.2) is 24.0 Å². The van der Waals surface area contributed by atoms with Crippen molar-refractivity contribution in [3.8, 4) is 11.1 Å². The van der Waals surface area contributed by atoms with Gasteiger partial charge in [-0.05, 0) is 23.8 Å². The van der Waals surface area contributed by atoms with Gasteiger partial charge in [0.1, 0.15) is 5.00 Å². The van der Waals surface area contributed by atoms with Crippen LogP contribution in [0.5, 0.6) is 0 Å². The molecule has 0 bridgehead atoms. The highest BCUT2D eigenvalue weighted by atomic mass is 32.1. The molecule has 5 rings (SSSR count). The Morgan fingerprint density at radius 3 is 2.15 bits per heavy atom. The van der Waals surface area contributed by atoms with Crippen molar-refractivity contribution in [2.24, 2.45) is 0 Å². The predicted octanol–water partition coefficient (Wildman–Crippen LogP) is 3.33. The van der Waals surface area contributed by atoms with E-state index in [4.69, 9.17) is 0 Å². The quantitative estimate of drug-likeness (QED) is 0.440. The molecule has 1 aliphatic heterocycles. The molecule has 7 heteroatoms. The molecule has 2 aliphatic rings. The van der Waals surface area contributed by atoms with Crippen molar-refractivity contribution in [1.29, 1.82) is 0 Å². The number of ketones is 1. The summed E-state index contributed by atoms with van der Waals surface area (Å²) in [6.07, 6.45) is 0.513. The van der Waals surface area contributed by atoms with E-state index in [0.29, 0.717) is 50.5 Å². The van der Waals surface area contributed by atoms with Gasteiger partial charge in [0, 0.05) is 10.9 Å². The number of carbonyl (C=O) groups excluding carboxylic acids is 4. The fourth-order valence-electron chi connectivity index (χ4n) is 3.63. The van der Waals surface area contributed by atoms with Crippen LogP contribution in [0.4, 0.5) is 10.7 Å². The van der Waals surface area contributed by atoms with Crippen LogP contribution in [0.3, 0.4) is 0 Å². The molecule has 1 aromatic heterocycles. The molecule has 1 aliphatic carbocycles. The lowest BCUT2D eigenvalue weighted by Gasteiger charge is -2.13. The van der Waals surface area contributed by atoms with Gasteiger partial charge in [0.2, 0.25) is 6.41 Å². The van der Waals surface area contributed by atoms with E-state index in [1.807, 2.05) is 0 Å². The summed E-state index contributed by atoms with van der Waals surface area (Å²) in [4.78, 5) is 50.6. The zero-order chi connectivity index (χ0) is 18.7. The Balaban J connectivity index is 1.67. The molecule has 0 spiro atoms. The van der Waals surface area contributed by atoms with E-state index < -0.39 is 11.8 Å². The molecule has 130 valence electrons. The first-order chi connectivity index (χ1) is 13.1. The number of anilines is 2. The molecule has 0 saturated heterocycles. The smallest absolute Gasteiger partial charge is 0.266 e. The van der Waals surface area contributed by atoms with Crippen LogP contribution in [0, 0.1) is 0 Å². The van der Waals surface area contributed by atoms with Crippen molar-refractivity contribution in [2.75, 3.05) is 10.2 Å². The predicted molar refractivity (Wildman–Crippen MR) is 100 cm³/mol. The maximum Gasteiger partial charge on any atom is 0.266 e. The van der Waals surface area contributed by atoms with Crippen LogP contribution in [0.2, 0.25) is 0 Å². The molecule has 0 atom stereocenters. The van der Waals surface area contributed by atoms with Crippen LogP contribution in [0.15, 0.2) is 47.8 Å². The number of hydrogen-bond acceptors (Lipinski definition) is 5. The number of nitrogens with zero attached hydrogens (tertiary/aromatic N) is 1. The van der Waals surface area contributed by atoms with E-state index in [2.05, 4.69) is 5.32 Å². The zero-order valence-corrected chi connectivity index (χ0v) is 14.5. The number of carbonyl (C=O) groups is 4. The summed E-state index contributed by atoms with van der Waals surface area (Å²) < 4.78 is 0. The Hall–Kier alpha value is -3.58. The molecule has 1 N–H and O–H groups in total. The number of thiophene rings is 1. The van der Waals surface area contributed by atoms with Gasteiger partial charge in [0.25, 0.3) is 11.8 Å². The molecule has 3 amide bonds. The summed E-state index contributed by atoms with van der Waals surface area (Å²) in [7, 11) is 0. The topological polar surface area (TPSA) is 83.6 Å². The Morgan fingerprint density at radius 1 is 0.815 bits per heavy atom. The van der Waals surface area contributed by atoms with Gasteiger partial charge in [0.15, 0.2) is 5.78 Å². The van der Waals surface area contributed by atoms with Gasteiger partial charge in [-0.15, -0.1) is 11.3 Å². The van der Waals surface area contributed by atoms with Crippen LogP contribution in [0.25, 0.3) is 11.1 Å². The van der Waals surface area contributed by atoms with E-state index in [1.54, 1.807) is 47.8 Å². The summed E-state index contributed by atoms with van der Waals surface area (Å²) in [5, 5.41) is 4.62. The van der Waals surface area contributed by atoms with Crippen molar-refractivity contribution < 1.29 is 19.2 Å². The Kier molecular flexibility index (Phi) is 3.16. The fraction of sp³-hybridized carbons (Fsp3) is 0. The molecular formula is C20H10N2O4S. The number of imide groups is 1. The van der Waals surface area contributed by atoms with Gasteiger partial charge in [-0.2, -0.15) is 0 Å². The maximum atomic E-state index is 13.1. The number of rotatable bonds is 3. The monoisotopic (exact) mass is 374 g/mol. The average Bonchev–Trinajstić information content (AvgIpc) is 3.30. The number of nitrogens with one attached hydrogen (secondary N) is 1. The van der Waals surface area contributed by atoms with E-state index in [9.17, 15) is 19.2 Å². The first-order valence-electron chi connectivity index (χ1n) is 8.11. The molecule has 27 heavy (non-hydrogen) atoms. The maximum absolute atomic E-state index is 13.1. The van der Waals surface area contributed by atoms with Crippen LogP contribution >= 0.6 is 11.3 Å². The molecular weight excluding hydrogens is 364 g/mol. The Morgan fingerprint density at radius 2 is 1.48 bits per heavy atom. The molecule has 0 saturated carbocycles. The lowest BCUT2D eigenvalue weighted by molar-refractivity contribution is -0.105. The summed E-state index contributed by atoms with van der Waals surface area (Å²) >= 11 is 1.19. The fourth-order valence-corrected chi connectivity index (χ4v) is 4.70. The van der Waals surface area contributed by atoms with E-state index >= 15 is 0 Å². The first-order valence-corrected chi connectivity index (χ1v) is 8.99. The zero-order valence-electron chi connectivity index (χ0n) is 13.7. The lowest BCUT2D eigenvalue weighted by atomic mass is 10.1. The standard InChI is InChI=1S/C20H10N2O4S/c23-9-21-14-7-3-6-10-13-8-27-20(16(13)17(24)15(10)14)22-18(25)11-4-1-2-5-12(11)19(22)26/h1-9H,(H,21,23). The minimum absolute atomic E-state index is 0.308. The van der Waals surface area contributed by atoms with Crippen molar-refractivity contribution in [1.82, 2.24) is 0 Å². The van der Waals surface area contributed by atoms with Crippen LogP contribution in [-0.2, 0) is 4.79 Å². The SMILES string of the molecule is O=CNc1cccc2c1C(=O)c1c-2csc1N1C(=O)c2ccccc2C1=O. The second-order valence-electron chi connectivity index (χ2n) is 6.14. The molecule has 0 radical (unpaired) electrons. The largest absolute Gasteiger partial charge is 0.328 e. The van der Waals surface area contributed by atoms with Gasteiger partial charge in [-0.1, -0.05) is 24.3 Å². The summed E-state index contributed by atoms with van der Waals surface area (Å²) in [5.74, 6) is -1.18. The highest BCUT2D eigenvalue weighted by Gasteiger charge is 2.42. The minimum atomic E-state index is -0.435. The highest BCUT2D eigenvalue weighted by molar-refractivity contribution is 7.15. The van der Waals surface area contributed by atoms with Crippen molar-refractivity contribution in [3.63, 3.8) is 0 Å². The molecule has 2 heterocycles. The minimum Gasteiger partial charge on any atom is -0.328 e. The van der Waals surface area contributed by atoms with Gasteiger partial charge in [0.05, 0.1) is 27.9 Å². The van der Waals surface area contributed by atoms with Crippen LogP contribution < -0.4 is 10.2 Å². The van der Waals surface area contributed by atoms with Gasteiger partial charge in [-0.3, -0.25) is 19.2 Å². The number of hydrogen-bond donors (Lipinski definition) is 1. The van der Waals surface area contributed by atoms with Crippen LogP contribution in [0.1, 0.15) is 36.6 Å². The third-order valence-electron chi connectivity index (χ3n) is 4.79. The molecule has 3 aromatic rings. The number of fused-ring (bicyclic) bond motifs is 4. The summed E-state index contributed by atoms with van der Waals surface area (Å²) in [5.41, 5.74) is 3.11. The van der Waals surface area contributed by atoms with E-state index in [0.717, 1.165) is 4.90 Å². The van der Waals surface area contributed by atoms with Gasteiger partial charge >= 0.3 is 0 Å². The Labute approximate surface area is 157 Å². The second kappa shape index (κ2) is 5.46. The normalized spacial score (nSPS) is 14.2. The third-order valence-corrected chi connectivity index (χ3v) is 5.76.